The Morgan fingerprint density at radius 1 is 1.32 bits per heavy atom. The third kappa shape index (κ3) is 3.18. The number of urea groups is 1. The number of ether oxygens (including phenoxy) is 1. The summed E-state index contributed by atoms with van der Waals surface area (Å²) in [7, 11) is 0. The van der Waals surface area contributed by atoms with Crippen LogP contribution in [0.3, 0.4) is 0 Å². The lowest BCUT2D eigenvalue weighted by atomic mass is 10.0. The van der Waals surface area contributed by atoms with Crippen molar-refractivity contribution in [3.8, 4) is 0 Å². The van der Waals surface area contributed by atoms with Crippen LogP contribution in [0.2, 0.25) is 0 Å². The van der Waals surface area contributed by atoms with Gasteiger partial charge in [0.1, 0.15) is 0 Å². The maximum Gasteiger partial charge on any atom is 0.320 e. The van der Waals surface area contributed by atoms with Gasteiger partial charge in [0.05, 0.1) is 12.2 Å². The SMILES string of the molecule is C=CC1=C(C)CN(C(=O)N2C[C@@H](C)O[C@H](C)C2)CC1. The molecule has 0 radical (unpaired) electrons. The average molecular weight is 264 g/mol. The molecular weight excluding hydrogens is 240 g/mol. The molecule has 1 saturated heterocycles. The van der Waals surface area contributed by atoms with Crippen molar-refractivity contribution < 1.29 is 9.53 Å². The second-order valence-electron chi connectivity index (χ2n) is 5.63. The number of nitrogens with zero attached hydrogens (tertiary/aromatic N) is 2. The quantitative estimate of drug-likeness (QED) is 0.728. The van der Waals surface area contributed by atoms with Crippen molar-refractivity contribution in [2.45, 2.75) is 39.4 Å². The number of carbonyl (C=O) groups is 1. The minimum atomic E-state index is 0.123. The van der Waals surface area contributed by atoms with Gasteiger partial charge in [-0.25, -0.2) is 4.79 Å². The number of carbonyl (C=O) groups excluding carboxylic acids is 1. The molecule has 0 saturated carbocycles. The Balaban J connectivity index is 2.01. The van der Waals surface area contributed by atoms with E-state index in [0.717, 1.165) is 19.5 Å². The molecule has 1 fully saturated rings. The van der Waals surface area contributed by atoms with Crippen LogP contribution in [0.25, 0.3) is 0 Å². The molecule has 0 N–H and O–H groups in total. The van der Waals surface area contributed by atoms with E-state index in [1.54, 1.807) is 0 Å². The van der Waals surface area contributed by atoms with Gasteiger partial charge in [0, 0.05) is 26.2 Å². The number of rotatable bonds is 1. The molecule has 4 nitrogen and oxygen atoms in total. The normalized spacial score (nSPS) is 28.6. The van der Waals surface area contributed by atoms with Crippen LogP contribution in [0.1, 0.15) is 27.2 Å². The molecule has 0 aromatic heterocycles. The van der Waals surface area contributed by atoms with E-state index in [2.05, 4.69) is 13.5 Å². The molecule has 2 atom stereocenters. The van der Waals surface area contributed by atoms with Crippen LogP contribution in [-0.4, -0.2) is 54.2 Å². The fourth-order valence-electron chi connectivity index (χ4n) is 2.91. The monoisotopic (exact) mass is 264 g/mol. The molecule has 2 aliphatic heterocycles. The molecule has 2 heterocycles. The van der Waals surface area contributed by atoms with Crippen molar-refractivity contribution in [3.05, 3.63) is 23.8 Å². The molecule has 0 unspecified atom stereocenters. The molecule has 0 spiro atoms. The van der Waals surface area contributed by atoms with Crippen LogP contribution in [0.4, 0.5) is 4.79 Å². The Bertz CT molecular complexity index is 393. The lowest BCUT2D eigenvalue weighted by molar-refractivity contribution is -0.0580. The number of amides is 2. The van der Waals surface area contributed by atoms with Crippen molar-refractivity contribution in [2.75, 3.05) is 26.2 Å². The fourth-order valence-corrected chi connectivity index (χ4v) is 2.91. The van der Waals surface area contributed by atoms with E-state index in [1.165, 1.54) is 11.1 Å². The number of hydrogen-bond donors (Lipinski definition) is 0. The van der Waals surface area contributed by atoms with E-state index in [4.69, 9.17) is 4.74 Å². The Hall–Kier alpha value is -1.29. The first-order valence-corrected chi connectivity index (χ1v) is 7.01. The van der Waals surface area contributed by atoms with Gasteiger partial charge in [0.2, 0.25) is 0 Å². The highest BCUT2D eigenvalue weighted by Gasteiger charge is 2.30. The van der Waals surface area contributed by atoms with Gasteiger partial charge in [0.15, 0.2) is 0 Å². The summed E-state index contributed by atoms with van der Waals surface area (Å²) in [5.74, 6) is 0. The first kappa shape index (κ1) is 14.1. The molecular formula is C15H24N2O2. The highest BCUT2D eigenvalue weighted by atomic mass is 16.5. The number of morpholine rings is 1. The van der Waals surface area contributed by atoms with Crippen LogP contribution < -0.4 is 0 Å². The average Bonchev–Trinajstić information content (AvgIpc) is 2.36. The molecule has 0 bridgehead atoms. The van der Waals surface area contributed by atoms with Crippen LogP contribution in [0, 0.1) is 0 Å². The zero-order chi connectivity index (χ0) is 14.0. The third-order valence-electron chi connectivity index (χ3n) is 3.83. The highest BCUT2D eigenvalue weighted by Crippen LogP contribution is 2.20. The van der Waals surface area contributed by atoms with Gasteiger partial charge < -0.3 is 14.5 Å². The minimum Gasteiger partial charge on any atom is -0.372 e. The van der Waals surface area contributed by atoms with Gasteiger partial charge in [-0.15, -0.1) is 0 Å². The van der Waals surface area contributed by atoms with Crippen molar-refractivity contribution in [2.24, 2.45) is 0 Å². The Kier molecular flexibility index (Phi) is 4.30. The maximum absolute atomic E-state index is 12.5. The maximum atomic E-state index is 12.5. The first-order chi connectivity index (χ1) is 9.01. The topological polar surface area (TPSA) is 32.8 Å². The predicted molar refractivity (Wildman–Crippen MR) is 76.1 cm³/mol. The van der Waals surface area contributed by atoms with Crippen molar-refractivity contribution in [1.29, 1.82) is 0 Å². The van der Waals surface area contributed by atoms with E-state index in [-0.39, 0.29) is 18.2 Å². The largest absolute Gasteiger partial charge is 0.372 e. The summed E-state index contributed by atoms with van der Waals surface area (Å²) in [5.41, 5.74) is 2.54. The third-order valence-corrected chi connectivity index (χ3v) is 3.83. The lowest BCUT2D eigenvalue weighted by Gasteiger charge is -2.39. The van der Waals surface area contributed by atoms with Crippen LogP contribution in [0.5, 0.6) is 0 Å². The lowest BCUT2D eigenvalue weighted by Crippen LogP contribution is -2.53. The van der Waals surface area contributed by atoms with Gasteiger partial charge in [-0.05, 0) is 32.8 Å². The summed E-state index contributed by atoms with van der Waals surface area (Å²) < 4.78 is 5.67. The Morgan fingerprint density at radius 2 is 1.95 bits per heavy atom. The molecule has 0 aliphatic carbocycles. The summed E-state index contributed by atoms with van der Waals surface area (Å²) in [6, 6.07) is 0.143. The van der Waals surface area contributed by atoms with Gasteiger partial charge in [-0.1, -0.05) is 18.2 Å². The van der Waals surface area contributed by atoms with Crippen molar-refractivity contribution in [3.63, 3.8) is 0 Å². The summed E-state index contributed by atoms with van der Waals surface area (Å²) >= 11 is 0. The second kappa shape index (κ2) is 5.78. The summed E-state index contributed by atoms with van der Waals surface area (Å²) in [4.78, 5) is 16.4. The number of hydrogen-bond acceptors (Lipinski definition) is 2. The van der Waals surface area contributed by atoms with Crippen LogP contribution in [-0.2, 0) is 4.74 Å². The zero-order valence-corrected chi connectivity index (χ0v) is 12.2. The van der Waals surface area contributed by atoms with Gasteiger partial charge in [0.25, 0.3) is 0 Å². The first-order valence-electron chi connectivity index (χ1n) is 7.01. The molecule has 0 aromatic rings. The molecule has 0 aromatic carbocycles. The van der Waals surface area contributed by atoms with E-state index in [1.807, 2.05) is 29.7 Å². The molecule has 4 heteroatoms. The molecule has 106 valence electrons. The zero-order valence-electron chi connectivity index (χ0n) is 12.2. The van der Waals surface area contributed by atoms with Crippen LogP contribution in [0.15, 0.2) is 23.8 Å². The minimum absolute atomic E-state index is 0.123. The van der Waals surface area contributed by atoms with Gasteiger partial charge >= 0.3 is 6.03 Å². The standard InChI is InChI=1S/C15H24N2O2/c1-5-14-6-7-16(8-11(14)2)15(18)17-9-12(3)19-13(4)10-17/h5,12-13H,1,6-10H2,2-4H3/t12-,13-/m1/s1. The van der Waals surface area contributed by atoms with Crippen LogP contribution >= 0.6 is 0 Å². The van der Waals surface area contributed by atoms with E-state index in [9.17, 15) is 4.79 Å². The fraction of sp³-hybridized carbons (Fsp3) is 0.667. The summed E-state index contributed by atoms with van der Waals surface area (Å²) in [6.07, 6.45) is 3.07. The summed E-state index contributed by atoms with van der Waals surface area (Å²) in [6.45, 7) is 12.8. The second-order valence-corrected chi connectivity index (χ2v) is 5.63. The molecule has 2 amide bonds. The molecule has 19 heavy (non-hydrogen) atoms. The van der Waals surface area contributed by atoms with E-state index < -0.39 is 0 Å². The van der Waals surface area contributed by atoms with Crippen molar-refractivity contribution in [1.82, 2.24) is 9.80 Å². The predicted octanol–water partition coefficient (Wildman–Crippen LogP) is 2.42. The summed E-state index contributed by atoms with van der Waals surface area (Å²) in [5, 5.41) is 0. The van der Waals surface area contributed by atoms with E-state index >= 15 is 0 Å². The highest BCUT2D eigenvalue weighted by molar-refractivity contribution is 5.75. The number of allylic oxidation sites excluding steroid dienone is 1. The van der Waals surface area contributed by atoms with Gasteiger partial charge in [-0.3, -0.25) is 0 Å². The Morgan fingerprint density at radius 3 is 2.47 bits per heavy atom. The Labute approximate surface area is 115 Å². The smallest absolute Gasteiger partial charge is 0.320 e. The van der Waals surface area contributed by atoms with Gasteiger partial charge in [-0.2, -0.15) is 0 Å². The van der Waals surface area contributed by atoms with Crippen molar-refractivity contribution >= 4 is 6.03 Å². The molecule has 2 rings (SSSR count). The van der Waals surface area contributed by atoms with E-state index in [0.29, 0.717) is 13.1 Å². The molecule has 2 aliphatic rings.